The summed E-state index contributed by atoms with van der Waals surface area (Å²) in [5, 5.41) is 7.00. The summed E-state index contributed by atoms with van der Waals surface area (Å²) in [5.41, 5.74) is 0. The molecule has 1 aliphatic rings. The summed E-state index contributed by atoms with van der Waals surface area (Å²) in [5.74, 6) is 0. The summed E-state index contributed by atoms with van der Waals surface area (Å²) in [7, 11) is 3.10. The van der Waals surface area contributed by atoms with E-state index in [0.29, 0.717) is 0 Å². The van der Waals surface area contributed by atoms with Gasteiger partial charge in [0.1, 0.15) is 0 Å². The molecule has 1 N–H and O–H groups in total. The van der Waals surface area contributed by atoms with Crippen molar-refractivity contribution in [2.45, 2.75) is 19.8 Å². The minimum atomic E-state index is 1.00. The maximum atomic E-state index is 7.00. The third-order valence-electron chi connectivity index (χ3n) is 1.74. The lowest BCUT2D eigenvalue weighted by Crippen LogP contribution is -2.23. The van der Waals surface area contributed by atoms with E-state index in [4.69, 9.17) is 5.11 Å². The monoisotopic (exact) mass is 172 g/mol. The minimum absolute atomic E-state index is 1.00. The van der Waals surface area contributed by atoms with Gasteiger partial charge >= 0.3 is 0 Å². The molecule has 72 valence electrons. The van der Waals surface area contributed by atoms with Crippen LogP contribution in [-0.4, -0.2) is 42.3 Å². The number of rotatable bonds is 3. The maximum absolute atomic E-state index is 7.00. The van der Waals surface area contributed by atoms with E-state index in [2.05, 4.69) is 36.2 Å². The van der Waals surface area contributed by atoms with Crippen LogP contribution >= 0.6 is 0 Å². The van der Waals surface area contributed by atoms with Gasteiger partial charge in [-0.05, 0) is 6.42 Å². The van der Waals surface area contributed by atoms with Gasteiger partial charge in [0, 0.05) is 33.1 Å². The molecule has 3 nitrogen and oxygen atoms in total. The molecule has 0 spiro atoms. The molecule has 0 saturated heterocycles. The summed E-state index contributed by atoms with van der Waals surface area (Å²) >= 11 is 0. The Morgan fingerprint density at radius 1 is 1.33 bits per heavy atom. The molecule has 1 rings (SSSR count). The van der Waals surface area contributed by atoms with Crippen LogP contribution in [0.5, 0.6) is 0 Å². The third kappa shape index (κ3) is 4.23. The molecule has 0 aromatic heterocycles. The largest absolute Gasteiger partial charge is 0.400 e. The minimum Gasteiger partial charge on any atom is -0.400 e. The molecule has 1 heterocycles. The van der Waals surface area contributed by atoms with Crippen LogP contribution in [0.25, 0.3) is 0 Å². The first-order chi connectivity index (χ1) is 5.83. The Hall–Kier alpha value is -0.700. The van der Waals surface area contributed by atoms with E-state index in [0.717, 1.165) is 13.8 Å². The van der Waals surface area contributed by atoms with Crippen molar-refractivity contribution in [1.29, 1.82) is 0 Å². The summed E-state index contributed by atoms with van der Waals surface area (Å²) in [6.07, 6.45) is 6.87. The molecule has 12 heavy (non-hydrogen) atoms. The molecule has 0 radical (unpaired) electrons. The normalized spacial score (nSPS) is 14.7. The summed E-state index contributed by atoms with van der Waals surface area (Å²) in [4.78, 5) is 4.53. The Balaban J connectivity index is 0.000000561. The van der Waals surface area contributed by atoms with Crippen molar-refractivity contribution in [3.05, 3.63) is 12.4 Å². The van der Waals surface area contributed by atoms with E-state index in [1.165, 1.54) is 19.4 Å². The van der Waals surface area contributed by atoms with Crippen LogP contribution in [0.4, 0.5) is 0 Å². The average Bonchev–Trinajstić information content (AvgIpc) is 2.51. The van der Waals surface area contributed by atoms with Crippen molar-refractivity contribution in [3.8, 4) is 0 Å². The van der Waals surface area contributed by atoms with Crippen LogP contribution in [0.1, 0.15) is 19.8 Å². The van der Waals surface area contributed by atoms with E-state index in [1.807, 2.05) is 0 Å². The number of nitrogens with zero attached hydrogens (tertiary/aromatic N) is 2. The fraction of sp³-hybridized carbons (Fsp3) is 0.778. The first-order valence-corrected chi connectivity index (χ1v) is 4.40. The van der Waals surface area contributed by atoms with Gasteiger partial charge in [-0.15, -0.1) is 0 Å². The van der Waals surface area contributed by atoms with Gasteiger partial charge in [0.2, 0.25) is 0 Å². The second-order valence-electron chi connectivity index (χ2n) is 2.86. The molecular weight excluding hydrogens is 152 g/mol. The van der Waals surface area contributed by atoms with Crippen LogP contribution in [0.3, 0.4) is 0 Å². The smallest absolute Gasteiger partial charge is 0.0890 e. The molecule has 0 fully saturated rings. The van der Waals surface area contributed by atoms with E-state index >= 15 is 0 Å². The van der Waals surface area contributed by atoms with Gasteiger partial charge < -0.3 is 14.9 Å². The predicted octanol–water partition coefficient (Wildman–Crippen LogP) is 1.07. The van der Waals surface area contributed by atoms with Crippen molar-refractivity contribution in [3.63, 3.8) is 0 Å². The zero-order valence-electron chi connectivity index (χ0n) is 8.32. The molecule has 0 unspecified atom stereocenters. The highest BCUT2D eigenvalue weighted by molar-refractivity contribution is 4.88. The lowest BCUT2D eigenvalue weighted by molar-refractivity contribution is 0.293. The molecule has 0 aromatic carbocycles. The topological polar surface area (TPSA) is 26.7 Å². The standard InChI is InChI=1S/C8H16N2.CH4O/c1-3-4-5-10-7-6-9(2)8-10;1-2/h6-7H,3-5,8H2,1-2H3;2H,1H3. The Morgan fingerprint density at radius 3 is 2.42 bits per heavy atom. The lowest BCUT2D eigenvalue weighted by atomic mass is 10.3. The average molecular weight is 172 g/mol. The van der Waals surface area contributed by atoms with Crippen molar-refractivity contribution >= 4 is 0 Å². The van der Waals surface area contributed by atoms with Gasteiger partial charge in [0.15, 0.2) is 0 Å². The van der Waals surface area contributed by atoms with Crippen molar-refractivity contribution < 1.29 is 5.11 Å². The Bertz CT molecular complexity index is 126. The Labute approximate surface area is 75.3 Å². The van der Waals surface area contributed by atoms with E-state index < -0.39 is 0 Å². The molecular formula is C9H20N2O. The third-order valence-corrected chi connectivity index (χ3v) is 1.74. The summed E-state index contributed by atoms with van der Waals surface area (Å²) in [6.45, 7) is 4.50. The van der Waals surface area contributed by atoms with Crippen molar-refractivity contribution in [1.82, 2.24) is 9.80 Å². The maximum Gasteiger partial charge on any atom is 0.0890 e. The first-order valence-electron chi connectivity index (χ1n) is 4.40. The quantitative estimate of drug-likeness (QED) is 0.690. The van der Waals surface area contributed by atoms with Gasteiger partial charge in [-0.2, -0.15) is 0 Å². The van der Waals surface area contributed by atoms with Gasteiger partial charge in [0.25, 0.3) is 0 Å². The van der Waals surface area contributed by atoms with Gasteiger partial charge in [-0.25, -0.2) is 0 Å². The molecule has 3 heteroatoms. The number of unbranched alkanes of at least 4 members (excludes halogenated alkanes) is 1. The van der Waals surface area contributed by atoms with Gasteiger partial charge in [-0.3, -0.25) is 0 Å². The lowest BCUT2D eigenvalue weighted by Gasteiger charge is -2.17. The Kier molecular flexibility index (Phi) is 6.57. The fourth-order valence-electron chi connectivity index (χ4n) is 1.10. The highest BCUT2D eigenvalue weighted by atomic mass is 16.2. The van der Waals surface area contributed by atoms with Crippen LogP contribution in [0.2, 0.25) is 0 Å². The van der Waals surface area contributed by atoms with Crippen molar-refractivity contribution in [2.24, 2.45) is 0 Å². The van der Waals surface area contributed by atoms with Crippen LogP contribution < -0.4 is 0 Å². The van der Waals surface area contributed by atoms with Crippen LogP contribution in [0, 0.1) is 0 Å². The zero-order chi connectivity index (χ0) is 9.40. The molecule has 0 aliphatic carbocycles. The number of hydrogen-bond acceptors (Lipinski definition) is 3. The number of hydrogen-bond donors (Lipinski definition) is 1. The molecule has 1 aliphatic heterocycles. The summed E-state index contributed by atoms with van der Waals surface area (Å²) in [6, 6.07) is 0. The number of aliphatic hydroxyl groups is 1. The van der Waals surface area contributed by atoms with E-state index in [9.17, 15) is 0 Å². The second kappa shape index (κ2) is 6.98. The second-order valence-corrected chi connectivity index (χ2v) is 2.86. The fourth-order valence-corrected chi connectivity index (χ4v) is 1.10. The highest BCUT2D eigenvalue weighted by Crippen LogP contribution is 2.04. The van der Waals surface area contributed by atoms with Crippen LogP contribution in [-0.2, 0) is 0 Å². The Morgan fingerprint density at radius 2 is 2.00 bits per heavy atom. The molecule has 0 amide bonds. The summed E-state index contributed by atoms with van der Waals surface area (Å²) < 4.78 is 0. The molecule has 0 atom stereocenters. The van der Waals surface area contributed by atoms with Crippen molar-refractivity contribution in [2.75, 3.05) is 27.4 Å². The van der Waals surface area contributed by atoms with Gasteiger partial charge in [0.05, 0.1) is 6.67 Å². The van der Waals surface area contributed by atoms with E-state index in [1.54, 1.807) is 0 Å². The van der Waals surface area contributed by atoms with Gasteiger partial charge in [-0.1, -0.05) is 13.3 Å². The SMILES string of the molecule is CCCCN1C=CN(C)C1.CO. The zero-order valence-corrected chi connectivity index (χ0v) is 8.32. The number of aliphatic hydroxyl groups excluding tert-OH is 1. The first kappa shape index (κ1) is 11.3. The highest BCUT2D eigenvalue weighted by Gasteiger charge is 2.05. The molecule has 0 aromatic rings. The molecule has 0 bridgehead atoms. The van der Waals surface area contributed by atoms with Crippen LogP contribution in [0.15, 0.2) is 12.4 Å². The predicted molar refractivity (Wildman–Crippen MR) is 51.5 cm³/mol. The molecule has 0 saturated carbocycles. The van der Waals surface area contributed by atoms with E-state index in [-0.39, 0.29) is 0 Å².